The number of hydrogen-bond acceptors (Lipinski definition) is 4. The van der Waals surface area contributed by atoms with E-state index in [1.807, 2.05) is 18.9 Å². The molecule has 1 aromatic heterocycles. The van der Waals surface area contributed by atoms with E-state index in [-0.39, 0.29) is 12.5 Å². The van der Waals surface area contributed by atoms with Gasteiger partial charge in [-0.05, 0) is 43.9 Å². The van der Waals surface area contributed by atoms with Gasteiger partial charge in [-0.25, -0.2) is 4.68 Å². The van der Waals surface area contributed by atoms with Crippen molar-refractivity contribution in [3.05, 3.63) is 33.0 Å². The molecule has 0 unspecified atom stereocenters. The Morgan fingerprint density at radius 3 is 2.88 bits per heavy atom. The molecule has 0 spiro atoms. The second-order valence-electron chi connectivity index (χ2n) is 5.41. The van der Waals surface area contributed by atoms with Gasteiger partial charge in [-0.2, -0.15) is 4.98 Å². The number of hydrogen-bond donors (Lipinski definition) is 2. The van der Waals surface area contributed by atoms with Crippen molar-refractivity contribution in [1.82, 2.24) is 25.0 Å². The topological polar surface area (TPSA) is 66.0 Å². The van der Waals surface area contributed by atoms with Gasteiger partial charge in [0.1, 0.15) is 0 Å². The van der Waals surface area contributed by atoms with Gasteiger partial charge in [-0.15, -0.1) is 0 Å². The van der Waals surface area contributed by atoms with Gasteiger partial charge in [-0.3, -0.25) is 14.8 Å². The second kappa shape index (κ2) is 8.62. The van der Waals surface area contributed by atoms with E-state index in [4.69, 9.17) is 35.4 Å². The Labute approximate surface area is 155 Å². The molecule has 0 bridgehead atoms. The van der Waals surface area contributed by atoms with Crippen LogP contribution in [0, 0.1) is 4.77 Å². The molecule has 6 nitrogen and oxygen atoms in total. The number of halogens is 2. The molecule has 0 fully saturated rings. The number of rotatable bonds is 7. The van der Waals surface area contributed by atoms with Gasteiger partial charge in [0.2, 0.25) is 10.7 Å². The minimum absolute atomic E-state index is 0.0219. The number of likely N-dealkylation sites (N-methyl/N-ethyl adjacent to an activating group) is 1. The van der Waals surface area contributed by atoms with Gasteiger partial charge in [0.05, 0.1) is 18.2 Å². The van der Waals surface area contributed by atoms with Gasteiger partial charge in [0, 0.05) is 17.1 Å². The van der Waals surface area contributed by atoms with Crippen molar-refractivity contribution >= 4 is 41.3 Å². The second-order valence-corrected chi connectivity index (χ2v) is 6.62. The van der Waals surface area contributed by atoms with E-state index < -0.39 is 0 Å². The van der Waals surface area contributed by atoms with Crippen LogP contribution in [-0.4, -0.2) is 45.7 Å². The molecule has 0 aliphatic carbocycles. The maximum atomic E-state index is 11.7. The Kier molecular flexibility index (Phi) is 6.79. The van der Waals surface area contributed by atoms with Gasteiger partial charge in [0.25, 0.3) is 0 Å². The normalized spacial score (nSPS) is 11.0. The number of H-pyrrole nitrogens is 1. The molecule has 2 rings (SSSR count). The number of amides is 1. The molecule has 9 heteroatoms. The van der Waals surface area contributed by atoms with Crippen LogP contribution in [0.5, 0.6) is 0 Å². The molecule has 0 aliphatic heterocycles. The third-order valence-electron chi connectivity index (χ3n) is 3.23. The summed E-state index contributed by atoms with van der Waals surface area (Å²) in [4.78, 5) is 17.9. The smallest absolute Gasteiger partial charge is 0.234 e. The monoisotopic (exact) mass is 387 g/mol. The lowest BCUT2D eigenvalue weighted by molar-refractivity contribution is -0.122. The standard InChI is InChI=1S/C15H19Cl2N5OS/c1-3-6-18-13(23)8-21(2)9-22-15(24)19-14(20-22)11-5-4-10(16)7-12(11)17/h4-5,7H,3,6,8-9H2,1-2H3,(H,18,23)(H,19,20,24). The van der Waals surface area contributed by atoms with E-state index in [1.165, 1.54) is 0 Å². The number of aromatic amines is 1. The molecule has 0 saturated heterocycles. The highest BCUT2D eigenvalue weighted by atomic mass is 35.5. The minimum Gasteiger partial charge on any atom is -0.355 e. The number of carbonyl (C=O) groups excluding carboxylic acids is 1. The van der Waals surface area contributed by atoms with Crippen LogP contribution in [0.3, 0.4) is 0 Å². The molecular formula is C15H19Cl2N5OS. The molecule has 0 saturated carbocycles. The summed E-state index contributed by atoms with van der Waals surface area (Å²) in [6, 6.07) is 5.17. The van der Waals surface area contributed by atoms with E-state index in [2.05, 4.69) is 15.4 Å². The van der Waals surface area contributed by atoms with E-state index in [0.717, 1.165) is 6.42 Å². The predicted molar refractivity (Wildman–Crippen MR) is 98.8 cm³/mol. The van der Waals surface area contributed by atoms with Crippen molar-refractivity contribution < 1.29 is 4.79 Å². The molecule has 1 amide bonds. The van der Waals surface area contributed by atoms with Crippen molar-refractivity contribution in [1.29, 1.82) is 0 Å². The number of nitrogens with zero attached hydrogens (tertiary/aromatic N) is 3. The first kappa shape index (κ1) is 18.9. The summed E-state index contributed by atoms with van der Waals surface area (Å²) in [5, 5.41) is 6.99. The van der Waals surface area contributed by atoms with E-state index >= 15 is 0 Å². The quantitative estimate of drug-likeness (QED) is 0.715. The molecule has 1 aromatic carbocycles. The summed E-state index contributed by atoms with van der Waals surface area (Å²) < 4.78 is 2.07. The zero-order valence-electron chi connectivity index (χ0n) is 13.5. The van der Waals surface area contributed by atoms with Crippen LogP contribution >= 0.6 is 35.4 Å². The van der Waals surface area contributed by atoms with Gasteiger partial charge in [-0.1, -0.05) is 30.1 Å². The molecule has 0 aliphatic rings. The van der Waals surface area contributed by atoms with E-state index in [1.54, 1.807) is 22.9 Å². The third kappa shape index (κ3) is 5.04. The molecule has 0 atom stereocenters. The number of carbonyl (C=O) groups is 1. The fourth-order valence-electron chi connectivity index (χ4n) is 2.11. The van der Waals surface area contributed by atoms with Gasteiger partial charge < -0.3 is 5.32 Å². The average Bonchev–Trinajstić information content (AvgIpc) is 2.85. The Morgan fingerprint density at radius 2 is 2.21 bits per heavy atom. The lowest BCUT2D eigenvalue weighted by Gasteiger charge is -2.16. The molecule has 0 radical (unpaired) electrons. The molecule has 2 N–H and O–H groups in total. The van der Waals surface area contributed by atoms with Crippen molar-refractivity contribution in [3.8, 4) is 11.4 Å². The molecule has 2 aromatic rings. The minimum atomic E-state index is -0.0219. The zero-order valence-corrected chi connectivity index (χ0v) is 15.8. The maximum Gasteiger partial charge on any atom is 0.234 e. The summed E-state index contributed by atoms with van der Waals surface area (Å²) in [7, 11) is 1.84. The van der Waals surface area contributed by atoms with E-state index in [9.17, 15) is 4.79 Å². The highest BCUT2D eigenvalue weighted by Crippen LogP contribution is 2.27. The molecule has 24 heavy (non-hydrogen) atoms. The fraction of sp³-hybridized carbons (Fsp3) is 0.400. The summed E-state index contributed by atoms with van der Waals surface area (Å²) >= 11 is 17.4. The highest BCUT2D eigenvalue weighted by molar-refractivity contribution is 7.71. The van der Waals surface area contributed by atoms with Crippen LogP contribution in [0.1, 0.15) is 13.3 Å². The third-order valence-corrected chi connectivity index (χ3v) is 4.09. The fourth-order valence-corrected chi connectivity index (χ4v) is 2.80. The first-order valence-electron chi connectivity index (χ1n) is 7.48. The first-order valence-corrected chi connectivity index (χ1v) is 8.64. The molecule has 1 heterocycles. The Morgan fingerprint density at radius 1 is 1.46 bits per heavy atom. The van der Waals surface area contributed by atoms with Crippen molar-refractivity contribution in [2.45, 2.75) is 20.0 Å². The van der Waals surface area contributed by atoms with Crippen LogP contribution in [0.2, 0.25) is 10.0 Å². The number of nitrogens with one attached hydrogen (secondary N) is 2. The van der Waals surface area contributed by atoms with E-state index in [0.29, 0.717) is 39.4 Å². The summed E-state index contributed by atoms with van der Waals surface area (Å²) in [5.74, 6) is 0.539. The van der Waals surface area contributed by atoms with Crippen molar-refractivity contribution in [2.75, 3.05) is 20.1 Å². The van der Waals surface area contributed by atoms with Crippen LogP contribution in [0.25, 0.3) is 11.4 Å². The van der Waals surface area contributed by atoms with Crippen LogP contribution in [0.15, 0.2) is 18.2 Å². The first-order chi connectivity index (χ1) is 11.4. The Bertz CT molecular complexity index is 773. The van der Waals surface area contributed by atoms with Crippen LogP contribution in [0.4, 0.5) is 0 Å². The summed E-state index contributed by atoms with van der Waals surface area (Å²) in [6.45, 7) is 3.38. The lowest BCUT2D eigenvalue weighted by atomic mass is 10.2. The maximum absolute atomic E-state index is 11.7. The highest BCUT2D eigenvalue weighted by Gasteiger charge is 2.12. The van der Waals surface area contributed by atoms with Gasteiger partial charge >= 0.3 is 0 Å². The predicted octanol–water partition coefficient (Wildman–Crippen LogP) is 3.33. The van der Waals surface area contributed by atoms with Crippen molar-refractivity contribution in [2.24, 2.45) is 0 Å². The largest absolute Gasteiger partial charge is 0.355 e. The molecular weight excluding hydrogens is 369 g/mol. The number of benzene rings is 1. The number of aromatic nitrogens is 3. The lowest BCUT2D eigenvalue weighted by Crippen LogP contribution is -2.36. The summed E-state index contributed by atoms with van der Waals surface area (Å²) in [5.41, 5.74) is 0.717. The SMILES string of the molecule is CCCNC(=O)CN(C)Cn1[nH]c(-c2ccc(Cl)cc2Cl)nc1=S. The summed E-state index contributed by atoms with van der Waals surface area (Å²) in [6.07, 6.45) is 0.909. The van der Waals surface area contributed by atoms with Crippen molar-refractivity contribution in [3.63, 3.8) is 0 Å². The zero-order chi connectivity index (χ0) is 17.7. The Hall–Kier alpha value is -1.41. The van der Waals surface area contributed by atoms with Crippen LogP contribution in [-0.2, 0) is 11.5 Å². The Balaban J connectivity index is 2.09. The average molecular weight is 388 g/mol. The van der Waals surface area contributed by atoms with Crippen LogP contribution < -0.4 is 5.32 Å². The van der Waals surface area contributed by atoms with Gasteiger partial charge in [0.15, 0.2) is 5.82 Å². The molecule has 130 valence electrons.